The van der Waals surface area contributed by atoms with E-state index in [1.54, 1.807) is 6.08 Å². The molecule has 0 aromatic heterocycles. The van der Waals surface area contributed by atoms with E-state index in [1.165, 1.54) is 154 Å². The number of unbranched alkanes of at least 4 members (excludes halogenated alkanes) is 28. The lowest BCUT2D eigenvalue weighted by Gasteiger charge is -2.25. The maximum atomic E-state index is 12.8. The summed E-state index contributed by atoms with van der Waals surface area (Å²) < 4.78 is 23.5. The van der Waals surface area contributed by atoms with Gasteiger partial charge in [0, 0.05) is 6.42 Å². The number of amides is 1. The van der Waals surface area contributed by atoms with Crippen LogP contribution < -0.4 is 5.32 Å². The third kappa shape index (κ3) is 39.3. The van der Waals surface area contributed by atoms with Gasteiger partial charge in [-0.3, -0.25) is 13.8 Å². The fourth-order valence-electron chi connectivity index (χ4n) is 6.63. The predicted octanol–water partition coefficient (Wildman–Crippen LogP) is 12.4. The maximum absolute atomic E-state index is 12.8. The minimum absolute atomic E-state index is 0.0644. The van der Waals surface area contributed by atoms with Crippen molar-refractivity contribution in [1.29, 1.82) is 0 Å². The van der Waals surface area contributed by atoms with Crippen molar-refractivity contribution in [3.05, 3.63) is 12.2 Å². The van der Waals surface area contributed by atoms with Gasteiger partial charge in [-0.15, -0.1) is 0 Å². The number of aliphatic hydroxyl groups excluding tert-OH is 1. The number of carbonyl (C=O) groups is 1. The molecule has 3 atom stereocenters. The first-order valence-electron chi connectivity index (χ1n) is 22.6. The molecule has 0 spiro atoms. The van der Waals surface area contributed by atoms with Gasteiger partial charge < -0.3 is 19.8 Å². The van der Waals surface area contributed by atoms with E-state index in [4.69, 9.17) is 9.05 Å². The van der Waals surface area contributed by atoms with E-state index in [9.17, 15) is 19.4 Å². The highest BCUT2D eigenvalue weighted by Crippen LogP contribution is 2.43. The second-order valence-electron chi connectivity index (χ2n) is 16.8. The summed E-state index contributed by atoms with van der Waals surface area (Å²) in [6.07, 6.45) is 41.4. The third-order valence-corrected chi connectivity index (χ3v) is 11.2. The summed E-state index contributed by atoms with van der Waals surface area (Å²) in [4.78, 5) is 23.1. The molecule has 0 saturated heterocycles. The van der Waals surface area contributed by atoms with Crippen molar-refractivity contribution in [2.24, 2.45) is 0 Å². The first-order chi connectivity index (χ1) is 25.5. The van der Waals surface area contributed by atoms with Crippen LogP contribution in [-0.4, -0.2) is 73.4 Å². The first-order valence-corrected chi connectivity index (χ1v) is 24.1. The zero-order chi connectivity index (χ0) is 39.3. The molecule has 0 saturated carbocycles. The third-order valence-electron chi connectivity index (χ3n) is 10.3. The first kappa shape index (κ1) is 52.2. The van der Waals surface area contributed by atoms with E-state index < -0.39 is 20.0 Å². The number of carbonyl (C=O) groups excluding carboxylic acids is 1. The number of aliphatic hydroxyl groups is 1. The largest absolute Gasteiger partial charge is 0.472 e. The lowest BCUT2D eigenvalue weighted by atomic mass is 10.0. The average Bonchev–Trinajstić information content (AvgIpc) is 3.10. The van der Waals surface area contributed by atoms with Crippen molar-refractivity contribution >= 4 is 13.7 Å². The Bertz CT molecular complexity index is 880. The minimum atomic E-state index is -4.33. The fourth-order valence-corrected chi connectivity index (χ4v) is 7.37. The summed E-state index contributed by atoms with van der Waals surface area (Å²) in [5, 5.41) is 13.8. The highest BCUT2D eigenvalue weighted by molar-refractivity contribution is 7.47. The molecule has 0 aliphatic carbocycles. The zero-order valence-electron chi connectivity index (χ0n) is 35.8. The van der Waals surface area contributed by atoms with Gasteiger partial charge in [-0.25, -0.2) is 4.57 Å². The Labute approximate surface area is 329 Å². The molecular formula is C44H90N2O6P+. The summed E-state index contributed by atoms with van der Waals surface area (Å²) >= 11 is 0. The molecule has 0 aromatic carbocycles. The average molecular weight is 774 g/mol. The fraction of sp³-hybridized carbons (Fsp3) is 0.932. The molecule has 0 fully saturated rings. The molecule has 3 N–H and O–H groups in total. The Hall–Kier alpha value is -0.760. The van der Waals surface area contributed by atoms with Crippen molar-refractivity contribution in [2.45, 2.75) is 225 Å². The molecule has 0 bridgehead atoms. The van der Waals surface area contributed by atoms with Crippen LogP contribution in [0.5, 0.6) is 0 Å². The lowest BCUT2D eigenvalue weighted by molar-refractivity contribution is -0.870. The van der Waals surface area contributed by atoms with Gasteiger partial charge in [0.1, 0.15) is 13.2 Å². The molecular weight excluding hydrogens is 683 g/mol. The molecule has 0 aliphatic heterocycles. The summed E-state index contributed by atoms with van der Waals surface area (Å²) in [6, 6.07) is -0.838. The number of phosphoric ester groups is 1. The number of quaternary nitrogens is 1. The molecule has 316 valence electrons. The van der Waals surface area contributed by atoms with Crippen LogP contribution in [0.25, 0.3) is 0 Å². The molecule has 0 radical (unpaired) electrons. The number of rotatable bonds is 41. The Kier molecular flexibility index (Phi) is 36.3. The zero-order valence-corrected chi connectivity index (χ0v) is 36.7. The monoisotopic (exact) mass is 774 g/mol. The van der Waals surface area contributed by atoms with Crippen molar-refractivity contribution < 1.29 is 32.9 Å². The van der Waals surface area contributed by atoms with E-state index in [0.717, 1.165) is 38.5 Å². The lowest BCUT2D eigenvalue weighted by Crippen LogP contribution is -2.45. The van der Waals surface area contributed by atoms with Crippen LogP contribution in [-0.2, 0) is 18.4 Å². The summed E-state index contributed by atoms with van der Waals surface area (Å²) in [5.41, 5.74) is 0. The van der Waals surface area contributed by atoms with Gasteiger partial charge in [-0.2, -0.15) is 0 Å². The predicted molar refractivity (Wildman–Crippen MR) is 226 cm³/mol. The van der Waals surface area contributed by atoms with Crippen LogP contribution >= 0.6 is 7.82 Å². The van der Waals surface area contributed by atoms with Gasteiger partial charge in [0.05, 0.1) is 39.9 Å². The number of nitrogens with one attached hydrogen (secondary N) is 1. The van der Waals surface area contributed by atoms with Crippen molar-refractivity contribution in [3.8, 4) is 0 Å². The van der Waals surface area contributed by atoms with E-state index in [-0.39, 0.29) is 19.1 Å². The SMILES string of the molecule is CCCCCCCCCCC/C=C/[C@@H](O)[C@H](COP(=O)(O)OCC[N+](C)(C)C)NC(=O)CCCCCCCCCCCCCCCCCCCCCC. The van der Waals surface area contributed by atoms with Crippen LogP contribution in [0.2, 0.25) is 0 Å². The van der Waals surface area contributed by atoms with Crippen LogP contribution in [0, 0.1) is 0 Å². The second kappa shape index (κ2) is 36.9. The molecule has 1 amide bonds. The van der Waals surface area contributed by atoms with Crippen LogP contribution in [0.1, 0.15) is 213 Å². The Balaban J connectivity index is 4.28. The second-order valence-corrected chi connectivity index (χ2v) is 18.2. The van der Waals surface area contributed by atoms with Gasteiger partial charge in [0.15, 0.2) is 0 Å². The number of allylic oxidation sites excluding steroid dienone is 1. The van der Waals surface area contributed by atoms with E-state index in [1.807, 2.05) is 27.2 Å². The van der Waals surface area contributed by atoms with Crippen molar-refractivity contribution in [2.75, 3.05) is 40.9 Å². The molecule has 0 aliphatic rings. The number of hydrogen-bond donors (Lipinski definition) is 3. The van der Waals surface area contributed by atoms with Crippen LogP contribution in [0.4, 0.5) is 0 Å². The van der Waals surface area contributed by atoms with E-state index >= 15 is 0 Å². The molecule has 1 unspecified atom stereocenters. The van der Waals surface area contributed by atoms with Gasteiger partial charge in [-0.05, 0) is 19.3 Å². The maximum Gasteiger partial charge on any atom is 0.472 e. The molecule has 8 nitrogen and oxygen atoms in total. The molecule has 9 heteroatoms. The number of phosphoric acid groups is 1. The summed E-state index contributed by atoms with van der Waals surface area (Å²) in [5.74, 6) is -0.175. The number of nitrogens with zero attached hydrogens (tertiary/aromatic N) is 1. The highest BCUT2D eigenvalue weighted by atomic mass is 31.2. The molecule has 0 aromatic rings. The highest BCUT2D eigenvalue weighted by Gasteiger charge is 2.27. The Morgan fingerprint density at radius 2 is 1.00 bits per heavy atom. The minimum Gasteiger partial charge on any atom is -0.387 e. The van der Waals surface area contributed by atoms with E-state index in [2.05, 4.69) is 19.2 Å². The van der Waals surface area contributed by atoms with Crippen LogP contribution in [0.3, 0.4) is 0 Å². The van der Waals surface area contributed by atoms with Gasteiger partial charge in [0.25, 0.3) is 0 Å². The number of hydrogen-bond acceptors (Lipinski definition) is 5. The molecule has 53 heavy (non-hydrogen) atoms. The van der Waals surface area contributed by atoms with Crippen molar-refractivity contribution in [3.63, 3.8) is 0 Å². The molecule has 0 heterocycles. The van der Waals surface area contributed by atoms with Gasteiger partial charge in [-0.1, -0.05) is 199 Å². The summed E-state index contributed by atoms with van der Waals surface area (Å²) in [7, 11) is 1.58. The quantitative estimate of drug-likeness (QED) is 0.0247. The van der Waals surface area contributed by atoms with Gasteiger partial charge >= 0.3 is 7.82 Å². The topological polar surface area (TPSA) is 105 Å². The normalized spacial score (nSPS) is 14.5. The van der Waals surface area contributed by atoms with Gasteiger partial charge in [0.2, 0.25) is 5.91 Å². The Morgan fingerprint density at radius 3 is 1.40 bits per heavy atom. The smallest absolute Gasteiger partial charge is 0.387 e. The summed E-state index contributed by atoms with van der Waals surface area (Å²) in [6.45, 7) is 4.81. The van der Waals surface area contributed by atoms with Crippen LogP contribution in [0.15, 0.2) is 12.2 Å². The molecule has 0 rings (SSSR count). The van der Waals surface area contributed by atoms with E-state index in [0.29, 0.717) is 17.4 Å². The Morgan fingerprint density at radius 1 is 0.623 bits per heavy atom. The standard InChI is InChI=1S/C44H89N2O6P/c1-6-8-10-12-14-16-18-19-20-21-22-23-24-25-26-28-30-32-34-36-38-44(48)45-42(41-52-53(49,50)51-40-39-46(3,4)5)43(47)37-35-33-31-29-27-17-15-13-11-9-7-2/h35,37,42-43,47H,6-34,36,38-41H2,1-5H3,(H-,45,48,49,50)/p+1/b37-35+/t42-,43+/m0/s1. The number of likely N-dealkylation sites (N-methyl/N-ethyl adjacent to an activating group) is 1. The van der Waals surface area contributed by atoms with Crippen molar-refractivity contribution in [1.82, 2.24) is 5.32 Å².